The van der Waals surface area contributed by atoms with Crippen molar-refractivity contribution in [2.75, 3.05) is 30.3 Å². The maximum atomic E-state index is 14.2. The van der Waals surface area contributed by atoms with Gasteiger partial charge in [0.15, 0.2) is 5.78 Å². The fourth-order valence-corrected chi connectivity index (χ4v) is 4.13. The van der Waals surface area contributed by atoms with Gasteiger partial charge in [-0.1, -0.05) is 20.8 Å². The molecule has 1 fully saturated rings. The van der Waals surface area contributed by atoms with Gasteiger partial charge in [-0.15, -0.1) is 0 Å². The molecule has 3 aromatic rings. The van der Waals surface area contributed by atoms with Gasteiger partial charge in [-0.2, -0.15) is 0 Å². The van der Waals surface area contributed by atoms with E-state index >= 15 is 0 Å². The molecule has 1 atom stereocenters. The molecule has 172 valence electrons. The third-order valence-corrected chi connectivity index (χ3v) is 5.98. The fraction of sp³-hybridized carbons (Fsp3) is 0.333. The molecule has 2 aromatic carbocycles. The molecule has 0 radical (unpaired) electrons. The van der Waals surface area contributed by atoms with Crippen LogP contribution in [0.5, 0.6) is 0 Å². The van der Waals surface area contributed by atoms with E-state index in [0.29, 0.717) is 42.2 Å². The molecule has 1 amide bonds. The molecule has 0 bridgehead atoms. The van der Waals surface area contributed by atoms with Crippen LogP contribution >= 0.6 is 0 Å². The van der Waals surface area contributed by atoms with Crippen LogP contribution < -0.4 is 10.6 Å². The van der Waals surface area contributed by atoms with Crippen molar-refractivity contribution >= 4 is 34.4 Å². The van der Waals surface area contributed by atoms with E-state index in [4.69, 9.17) is 5.73 Å². The summed E-state index contributed by atoms with van der Waals surface area (Å²) in [7, 11) is 0. The molecular formula is C24H26FN5O3. The average molecular weight is 452 g/mol. The first-order chi connectivity index (χ1) is 15.5. The van der Waals surface area contributed by atoms with Crippen LogP contribution in [0, 0.1) is 11.2 Å². The van der Waals surface area contributed by atoms with Crippen LogP contribution in [0.2, 0.25) is 0 Å². The van der Waals surface area contributed by atoms with Gasteiger partial charge in [-0.25, -0.2) is 14.2 Å². The highest BCUT2D eigenvalue weighted by Crippen LogP contribution is 2.30. The summed E-state index contributed by atoms with van der Waals surface area (Å²) in [6, 6.07) is 8.51. The van der Waals surface area contributed by atoms with E-state index < -0.39 is 17.7 Å². The van der Waals surface area contributed by atoms with Gasteiger partial charge in [0, 0.05) is 30.9 Å². The number of carbonyl (C=O) groups is 2. The van der Waals surface area contributed by atoms with Crippen molar-refractivity contribution in [1.29, 1.82) is 0 Å². The Balaban J connectivity index is 1.66. The Morgan fingerprint density at radius 1 is 1.12 bits per heavy atom. The Labute approximate surface area is 190 Å². The summed E-state index contributed by atoms with van der Waals surface area (Å²) >= 11 is 0. The van der Waals surface area contributed by atoms with E-state index in [1.165, 1.54) is 23.1 Å². The van der Waals surface area contributed by atoms with E-state index in [1.807, 2.05) is 25.7 Å². The number of fused-ring (bicyclic) bond motifs is 1. The number of nitrogens with zero attached hydrogens (tertiary/aromatic N) is 4. The highest BCUT2D eigenvalue weighted by atomic mass is 19.1. The molecule has 1 aliphatic heterocycles. The number of aromatic nitrogens is 2. The number of hydrogen-bond acceptors (Lipinski definition) is 6. The maximum absolute atomic E-state index is 14.2. The van der Waals surface area contributed by atoms with Gasteiger partial charge in [0.2, 0.25) is 0 Å². The largest absolute Gasteiger partial charge is 0.465 e. The van der Waals surface area contributed by atoms with E-state index in [2.05, 4.69) is 9.97 Å². The SMILES string of the molecule is CC(C)(C)C1CN(c2cnc3ccc(C(=O)c4cc(N)ccc4F)cc3n2)CCN1C(=O)O. The van der Waals surface area contributed by atoms with Crippen molar-refractivity contribution in [2.45, 2.75) is 26.8 Å². The van der Waals surface area contributed by atoms with Crippen molar-refractivity contribution in [2.24, 2.45) is 5.41 Å². The number of rotatable bonds is 3. The molecule has 33 heavy (non-hydrogen) atoms. The molecule has 1 saturated heterocycles. The molecule has 4 rings (SSSR count). The zero-order chi connectivity index (χ0) is 23.9. The number of carboxylic acid groups (broad SMARTS) is 1. The van der Waals surface area contributed by atoms with Gasteiger partial charge >= 0.3 is 6.09 Å². The zero-order valence-electron chi connectivity index (χ0n) is 18.7. The minimum atomic E-state index is -0.934. The lowest BCUT2D eigenvalue weighted by molar-refractivity contribution is 0.0747. The average Bonchev–Trinajstić information content (AvgIpc) is 2.78. The Kier molecular flexibility index (Phi) is 5.65. The van der Waals surface area contributed by atoms with Crippen LogP contribution in [-0.2, 0) is 0 Å². The predicted molar refractivity (Wildman–Crippen MR) is 124 cm³/mol. The summed E-state index contributed by atoms with van der Waals surface area (Å²) < 4.78 is 14.2. The fourth-order valence-electron chi connectivity index (χ4n) is 4.13. The van der Waals surface area contributed by atoms with E-state index in [-0.39, 0.29) is 22.6 Å². The van der Waals surface area contributed by atoms with Crippen molar-refractivity contribution in [3.05, 3.63) is 59.5 Å². The molecule has 1 unspecified atom stereocenters. The maximum Gasteiger partial charge on any atom is 0.407 e. The molecule has 1 aromatic heterocycles. The van der Waals surface area contributed by atoms with Crippen LogP contribution in [0.25, 0.3) is 11.0 Å². The highest BCUT2D eigenvalue weighted by molar-refractivity contribution is 6.10. The first-order valence-electron chi connectivity index (χ1n) is 10.7. The Morgan fingerprint density at radius 2 is 1.88 bits per heavy atom. The predicted octanol–water partition coefficient (Wildman–Crippen LogP) is 3.80. The summed E-state index contributed by atoms with van der Waals surface area (Å²) in [4.78, 5) is 37.2. The molecule has 9 heteroatoms. The van der Waals surface area contributed by atoms with Crippen LogP contribution in [0.3, 0.4) is 0 Å². The summed E-state index contributed by atoms with van der Waals surface area (Å²) in [5.74, 6) is -0.531. The number of halogens is 1. The van der Waals surface area contributed by atoms with Crippen LogP contribution in [0.4, 0.5) is 20.7 Å². The third kappa shape index (κ3) is 4.44. The van der Waals surface area contributed by atoms with E-state index in [9.17, 15) is 19.1 Å². The molecule has 2 heterocycles. The van der Waals surface area contributed by atoms with Crippen molar-refractivity contribution in [3.63, 3.8) is 0 Å². The van der Waals surface area contributed by atoms with Gasteiger partial charge in [0.25, 0.3) is 0 Å². The Bertz CT molecular complexity index is 1240. The first kappa shape index (κ1) is 22.4. The third-order valence-electron chi connectivity index (χ3n) is 5.98. The number of hydrogen-bond donors (Lipinski definition) is 2. The topological polar surface area (TPSA) is 113 Å². The van der Waals surface area contributed by atoms with Crippen molar-refractivity contribution in [1.82, 2.24) is 14.9 Å². The lowest BCUT2D eigenvalue weighted by Gasteiger charge is -2.46. The van der Waals surface area contributed by atoms with Gasteiger partial charge in [0.05, 0.1) is 28.8 Å². The first-order valence-corrected chi connectivity index (χ1v) is 10.7. The molecule has 3 N–H and O–H groups in total. The molecule has 1 aliphatic rings. The zero-order valence-corrected chi connectivity index (χ0v) is 18.7. The van der Waals surface area contributed by atoms with Gasteiger partial charge in [0.1, 0.15) is 11.6 Å². The van der Waals surface area contributed by atoms with Crippen molar-refractivity contribution < 1.29 is 19.1 Å². The second-order valence-corrected chi connectivity index (χ2v) is 9.30. The van der Waals surface area contributed by atoms with Crippen LogP contribution in [0.15, 0.2) is 42.6 Å². The molecule has 8 nitrogen and oxygen atoms in total. The second-order valence-electron chi connectivity index (χ2n) is 9.30. The molecule has 0 aliphatic carbocycles. The number of anilines is 2. The van der Waals surface area contributed by atoms with Gasteiger partial charge in [-0.05, 0) is 41.8 Å². The van der Waals surface area contributed by atoms with Gasteiger partial charge < -0.3 is 20.6 Å². The molecular weight excluding hydrogens is 425 g/mol. The lowest BCUT2D eigenvalue weighted by atomic mass is 9.84. The highest BCUT2D eigenvalue weighted by Gasteiger charge is 2.38. The Morgan fingerprint density at radius 3 is 2.58 bits per heavy atom. The van der Waals surface area contributed by atoms with Crippen LogP contribution in [-0.4, -0.2) is 57.5 Å². The van der Waals surface area contributed by atoms with Crippen molar-refractivity contribution in [3.8, 4) is 0 Å². The summed E-state index contributed by atoms with van der Waals surface area (Å²) in [5.41, 5.74) is 7.03. The van der Waals surface area contributed by atoms with E-state index in [1.54, 1.807) is 24.4 Å². The number of nitrogen functional groups attached to an aromatic ring is 1. The number of ketones is 1. The monoisotopic (exact) mass is 451 g/mol. The smallest absolute Gasteiger partial charge is 0.407 e. The second kappa shape index (κ2) is 8.31. The number of nitrogens with two attached hydrogens (primary N) is 1. The van der Waals surface area contributed by atoms with Gasteiger partial charge in [-0.3, -0.25) is 9.78 Å². The number of amides is 1. The quantitative estimate of drug-likeness (QED) is 0.460. The minimum Gasteiger partial charge on any atom is -0.465 e. The molecule has 0 spiro atoms. The summed E-state index contributed by atoms with van der Waals surface area (Å²) in [6.07, 6.45) is 0.716. The number of carbonyl (C=O) groups excluding carboxylic acids is 1. The summed E-state index contributed by atoms with van der Waals surface area (Å²) in [6.45, 7) is 7.34. The number of benzene rings is 2. The lowest BCUT2D eigenvalue weighted by Crippen LogP contribution is -2.59. The molecule has 0 saturated carbocycles. The van der Waals surface area contributed by atoms with E-state index in [0.717, 1.165) is 0 Å². The summed E-state index contributed by atoms with van der Waals surface area (Å²) in [5, 5.41) is 9.60. The minimum absolute atomic E-state index is 0.101. The normalized spacial score (nSPS) is 16.8. The Hall–Kier alpha value is -3.75. The number of piperazine rings is 1. The van der Waals surface area contributed by atoms with Crippen LogP contribution in [0.1, 0.15) is 36.7 Å². The standard InChI is InChI=1S/C24H26FN5O3/c1-24(2,3)20-13-29(8-9-30(20)23(32)33)21-12-27-18-7-4-14(10-19(18)28-21)22(31)16-11-15(26)5-6-17(16)25/h4-7,10-12,20H,8-9,13,26H2,1-3H3,(H,32,33).